The van der Waals surface area contributed by atoms with Crippen LogP contribution in [-0.4, -0.2) is 41.0 Å². The highest BCUT2D eigenvalue weighted by molar-refractivity contribution is 9.10. The molecule has 0 aromatic carbocycles. The number of likely N-dealkylation sites (tertiary alicyclic amines) is 1. The van der Waals surface area contributed by atoms with Gasteiger partial charge in [-0.2, -0.15) is 0 Å². The van der Waals surface area contributed by atoms with Crippen LogP contribution in [0.25, 0.3) is 0 Å². The first-order chi connectivity index (χ1) is 11.0. The van der Waals surface area contributed by atoms with Gasteiger partial charge in [0.15, 0.2) is 0 Å². The highest BCUT2D eigenvalue weighted by Crippen LogP contribution is 2.46. The average Bonchev–Trinajstić information content (AvgIpc) is 2.67. The number of nitrogens with zero attached hydrogens (tertiary/aromatic N) is 3. The number of pyridine rings is 1. The number of aromatic nitrogens is 1. The highest BCUT2D eigenvalue weighted by atomic mass is 79.9. The standard InChI is InChI=1S/C18H24BrN3O/c1-18(2)16-15(8-12(19)11-20-16)22(17(18)23)14-9-13(10-14)21-6-4-3-5-7-21/h8,11,13-14H,3-7,9-10H2,1-2H3/t13-,14+. The van der Waals surface area contributed by atoms with Gasteiger partial charge in [0, 0.05) is 22.8 Å². The molecule has 0 radical (unpaired) electrons. The molecule has 4 rings (SSSR count). The molecule has 0 unspecified atom stereocenters. The minimum atomic E-state index is -0.508. The van der Waals surface area contributed by atoms with Crippen molar-refractivity contribution in [2.75, 3.05) is 18.0 Å². The maximum Gasteiger partial charge on any atom is 0.239 e. The SMILES string of the molecule is CC1(C)C(=O)N([C@H]2C[C@@H](N3CCCCC3)C2)c2cc(Br)cnc21. The van der Waals surface area contributed by atoms with Gasteiger partial charge in [-0.15, -0.1) is 0 Å². The molecule has 1 amide bonds. The number of hydrogen-bond donors (Lipinski definition) is 0. The zero-order valence-corrected chi connectivity index (χ0v) is 15.5. The largest absolute Gasteiger partial charge is 0.307 e. The molecule has 5 heteroatoms. The maximum atomic E-state index is 13.0. The highest BCUT2D eigenvalue weighted by Gasteiger charge is 2.51. The molecule has 4 nitrogen and oxygen atoms in total. The van der Waals surface area contributed by atoms with Gasteiger partial charge < -0.3 is 9.80 Å². The van der Waals surface area contributed by atoms with Crippen molar-refractivity contribution >= 4 is 27.5 Å². The average molecular weight is 378 g/mol. The zero-order chi connectivity index (χ0) is 16.2. The summed E-state index contributed by atoms with van der Waals surface area (Å²) in [5.74, 6) is 0.209. The summed E-state index contributed by atoms with van der Waals surface area (Å²) in [6.45, 7) is 6.47. The van der Waals surface area contributed by atoms with E-state index in [4.69, 9.17) is 0 Å². The van der Waals surface area contributed by atoms with Crippen molar-refractivity contribution in [2.24, 2.45) is 0 Å². The molecule has 3 heterocycles. The fourth-order valence-electron chi connectivity index (χ4n) is 4.32. The first kappa shape index (κ1) is 15.6. The fraction of sp³-hybridized carbons (Fsp3) is 0.667. The molecule has 1 aliphatic carbocycles. The minimum Gasteiger partial charge on any atom is -0.307 e. The third-order valence-corrected chi connectivity index (χ3v) is 6.23. The number of piperidine rings is 1. The molecule has 0 spiro atoms. The Bertz CT molecular complexity index is 633. The van der Waals surface area contributed by atoms with Gasteiger partial charge in [0.1, 0.15) is 0 Å². The van der Waals surface area contributed by atoms with Crippen molar-refractivity contribution in [3.05, 3.63) is 22.4 Å². The molecule has 2 aliphatic heterocycles. The van der Waals surface area contributed by atoms with Crippen LogP contribution in [0.2, 0.25) is 0 Å². The molecular weight excluding hydrogens is 354 g/mol. The molecule has 23 heavy (non-hydrogen) atoms. The monoisotopic (exact) mass is 377 g/mol. The summed E-state index contributed by atoms with van der Waals surface area (Å²) in [6.07, 6.45) is 8.04. The van der Waals surface area contributed by atoms with Crippen LogP contribution in [0.5, 0.6) is 0 Å². The summed E-state index contributed by atoms with van der Waals surface area (Å²) in [7, 11) is 0. The molecule has 1 aromatic rings. The fourth-order valence-corrected chi connectivity index (χ4v) is 4.64. The van der Waals surface area contributed by atoms with Crippen LogP contribution >= 0.6 is 15.9 Å². The predicted octanol–water partition coefficient (Wildman–Crippen LogP) is 3.49. The summed E-state index contributed by atoms with van der Waals surface area (Å²) in [5, 5.41) is 0. The van der Waals surface area contributed by atoms with Crippen LogP contribution in [0.15, 0.2) is 16.7 Å². The molecular formula is C18H24BrN3O. The van der Waals surface area contributed by atoms with E-state index in [0.717, 1.165) is 28.7 Å². The van der Waals surface area contributed by atoms with E-state index < -0.39 is 5.41 Å². The molecule has 0 N–H and O–H groups in total. The van der Waals surface area contributed by atoms with Crippen molar-refractivity contribution in [1.29, 1.82) is 0 Å². The van der Waals surface area contributed by atoms with Crippen molar-refractivity contribution in [2.45, 2.75) is 63.5 Å². The Morgan fingerprint density at radius 1 is 1.17 bits per heavy atom. The van der Waals surface area contributed by atoms with E-state index in [0.29, 0.717) is 12.1 Å². The van der Waals surface area contributed by atoms with Crippen LogP contribution in [0.4, 0.5) is 5.69 Å². The van der Waals surface area contributed by atoms with Crippen molar-refractivity contribution in [3.63, 3.8) is 0 Å². The van der Waals surface area contributed by atoms with E-state index in [9.17, 15) is 4.79 Å². The van der Waals surface area contributed by atoms with Crippen LogP contribution in [-0.2, 0) is 10.2 Å². The van der Waals surface area contributed by atoms with E-state index in [1.807, 2.05) is 18.7 Å². The van der Waals surface area contributed by atoms with E-state index >= 15 is 0 Å². The van der Waals surface area contributed by atoms with Gasteiger partial charge in [0.05, 0.1) is 16.8 Å². The second-order valence-corrected chi connectivity index (χ2v) is 8.61. The molecule has 0 atom stereocenters. The number of rotatable bonds is 2. The smallest absolute Gasteiger partial charge is 0.239 e. The van der Waals surface area contributed by atoms with Crippen LogP contribution in [0.3, 0.4) is 0 Å². The molecule has 124 valence electrons. The van der Waals surface area contributed by atoms with Crippen LogP contribution in [0.1, 0.15) is 51.6 Å². The Hall–Kier alpha value is -0.940. The number of fused-ring (bicyclic) bond motifs is 1. The Balaban J connectivity index is 1.54. The van der Waals surface area contributed by atoms with Gasteiger partial charge in [-0.1, -0.05) is 6.42 Å². The second-order valence-electron chi connectivity index (χ2n) is 7.70. The number of anilines is 1. The summed E-state index contributed by atoms with van der Waals surface area (Å²) < 4.78 is 0.943. The molecule has 2 fully saturated rings. The van der Waals surface area contributed by atoms with Crippen molar-refractivity contribution < 1.29 is 4.79 Å². The van der Waals surface area contributed by atoms with Gasteiger partial charge in [-0.25, -0.2) is 0 Å². The molecule has 0 bridgehead atoms. The van der Waals surface area contributed by atoms with E-state index in [1.165, 1.54) is 32.4 Å². The van der Waals surface area contributed by atoms with E-state index in [-0.39, 0.29) is 5.91 Å². The molecule has 3 aliphatic rings. The quantitative estimate of drug-likeness (QED) is 0.791. The summed E-state index contributed by atoms with van der Waals surface area (Å²) >= 11 is 3.50. The third-order valence-electron chi connectivity index (χ3n) is 5.80. The Morgan fingerprint density at radius 3 is 2.57 bits per heavy atom. The first-order valence-electron chi connectivity index (χ1n) is 8.72. The Kier molecular flexibility index (Phi) is 3.76. The Morgan fingerprint density at radius 2 is 1.87 bits per heavy atom. The molecule has 1 saturated heterocycles. The molecule has 1 aromatic heterocycles. The van der Waals surface area contributed by atoms with Gasteiger partial charge in [0.25, 0.3) is 0 Å². The number of amides is 1. The lowest BCUT2D eigenvalue weighted by Gasteiger charge is -2.47. The predicted molar refractivity (Wildman–Crippen MR) is 94.7 cm³/mol. The van der Waals surface area contributed by atoms with Crippen LogP contribution < -0.4 is 4.90 Å². The lowest BCUT2D eigenvalue weighted by molar-refractivity contribution is -0.123. The van der Waals surface area contributed by atoms with Gasteiger partial charge in [-0.05, 0) is 74.6 Å². The lowest BCUT2D eigenvalue weighted by Crippen LogP contribution is -2.57. The number of hydrogen-bond acceptors (Lipinski definition) is 3. The second kappa shape index (κ2) is 5.55. The zero-order valence-electron chi connectivity index (χ0n) is 13.9. The molecule has 1 saturated carbocycles. The van der Waals surface area contributed by atoms with Gasteiger partial charge in [-0.3, -0.25) is 9.78 Å². The Labute approximate surface area is 146 Å². The summed E-state index contributed by atoms with van der Waals surface area (Å²) in [5.41, 5.74) is 1.43. The topological polar surface area (TPSA) is 36.4 Å². The lowest BCUT2D eigenvalue weighted by atomic mass is 9.83. The van der Waals surface area contributed by atoms with Crippen molar-refractivity contribution in [3.8, 4) is 0 Å². The summed E-state index contributed by atoms with van der Waals surface area (Å²) in [4.78, 5) is 22.2. The van der Waals surface area contributed by atoms with Gasteiger partial charge in [0.2, 0.25) is 5.91 Å². The van der Waals surface area contributed by atoms with Gasteiger partial charge >= 0.3 is 0 Å². The number of halogens is 1. The third kappa shape index (κ3) is 2.43. The normalized spacial score (nSPS) is 30.2. The van der Waals surface area contributed by atoms with Crippen molar-refractivity contribution in [1.82, 2.24) is 9.88 Å². The number of carbonyl (C=O) groups excluding carboxylic acids is 1. The number of carbonyl (C=O) groups is 1. The minimum absolute atomic E-state index is 0.209. The van der Waals surface area contributed by atoms with Crippen LogP contribution in [0, 0.1) is 0 Å². The maximum absolute atomic E-state index is 13.0. The summed E-state index contributed by atoms with van der Waals surface area (Å²) in [6, 6.07) is 3.06. The first-order valence-corrected chi connectivity index (χ1v) is 9.51. The van der Waals surface area contributed by atoms with E-state index in [1.54, 1.807) is 6.20 Å². The van der Waals surface area contributed by atoms with E-state index in [2.05, 4.69) is 31.9 Å².